The number of aliphatic hydroxyl groups excluding tert-OH is 3. The SMILES string of the molecule is CN(C)c1ccn([C@@H]2O[C@H](CO)[C@H](O)C2O)c(=O)n1. The molecule has 19 heavy (non-hydrogen) atoms. The Balaban J connectivity index is 2.31. The molecule has 1 aromatic heterocycles. The van der Waals surface area contributed by atoms with Gasteiger partial charge in [0.1, 0.15) is 24.1 Å². The summed E-state index contributed by atoms with van der Waals surface area (Å²) in [4.78, 5) is 17.4. The summed E-state index contributed by atoms with van der Waals surface area (Å²) in [5, 5.41) is 28.5. The van der Waals surface area contributed by atoms with Crippen molar-refractivity contribution in [1.29, 1.82) is 0 Å². The zero-order chi connectivity index (χ0) is 14.2. The van der Waals surface area contributed by atoms with E-state index < -0.39 is 36.8 Å². The molecule has 1 saturated heterocycles. The second-order valence-electron chi connectivity index (χ2n) is 4.60. The third-order valence-electron chi connectivity index (χ3n) is 3.06. The summed E-state index contributed by atoms with van der Waals surface area (Å²) in [7, 11) is 3.50. The minimum atomic E-state index is -1.29. The molecule has 2 rings (SSSR count). The molecule has 0 aliphatic carbocycles. The van der Waals surface area contributed by atoms with Gasteiger partial charge in [0.25, 0.3) is 0 Å². The van der Waals surface area contributed by atoms with Gasteiger partial charge in [-0.3, -0.25) is 4.57 Å². The van der Waals surface area contributed by atoms with Crippen LogP contribution in [-0.2, 0) is 4.74 Å². The average molecular weight is 271 g/mol. The van der Waals surface area contributed by atoms with Gasteiger partial charge in [-0.15, -0.1) is 0 Å². The Labute approximate surface area is 109 Å². The standard InChI is InChI=1S/C11H17N3O5/c1-13(2)7-3-4-14(11(18)12-7)10-9(17)8(16)6(5-15)19-10/h3-4,6,8-10,15-17H,5H2,1-2H3/t6-,8+,9?,10-/m1/s1. The maximum Gasteiger partial charge on any atom is 0.351 e. The molecular weight excluding hydrogens is 254 g/mol. The number of anilines is 1. The highest BCUT2D eigenvalue weighted by molar-refractivity contribution is 5.33. The Morgan fingerprint density at radius 1 is 1.42 bits per heavy atom. The highest BCUT2D eigenvalue weighted by Crippen LogP contribution is 2.28. The molecule has 2 heterocycles. The molecular formula is C11H17N3O5. The van der Waals surface area contributed by atoms with Crippen molar-refractivity contribution in [3.63, 3.8) is 0 Å². The molecule has 0 bridgehead atoms. The van der Waals surface area contributed by atoms with Gasteiger partial charge < -0.3 is 25.0 Å². The smallest absolute Gasteiger partial charge is 0.351 e. The first kappa shape index (κ1) is 13.9. The summed E-state index contributed by atoms with van der Waals surface area (Å²) in [5.41, 5.74) is -0.596. The van der Waals surface area contributed by atoms with Gasteiger partial charge in [0.05, 0.1) is 6.61 Å². The average Bonchev–Trinajstić information content (AvgIpc) is 2.66. The minimum absolute atomic E-state index is 0.438. The first-order valence-electron chi connectivity index (χ1n) is 5.84. The fourth-order valence-corrected chi connectivity index (χ4v) is 1.96. The predicted octanol–water partition coefficient (Wildman–Crippen LogP) is -2.08. The summed E-state index contributed by atoms with van der Waals surface area (Å²) < 4.78 is 6.36. The Kier molecular flexibility index (Phi) is 3.85. The molecule has 0 radical (unpaired) electrons. The molecule has 0 aromatic carbocycles. The van der Waals surface area contributed by atoms with Crippen molar-refractivity contribution in [2.75, 3.05) is 25.6 Å². The van der Waals surface area contributed by atoms with Gasteiger partial charge in [0, 0.05) is 20.3 Å². The van der Waals surface area contributed by atoms with E-state index in [0.717, 1.165) is 4.57 Å². The molecule has 4 atom stereocenters. The van der Waals surface area contributed by atoms with Crippen molar-refractivity contribution in [2.45, 2.75) is 24.5 Å². The van der Waals surface area contributed by atoms with Crippen molar-refractivity contribution in [3.8, 4) is 0 Å². The number of ether oxygens (including phenoxy) is 1. The van der Waals surface area contributed by atoms with Gasteiger partial charge in [0.15, 0.2) is 6.23 Å². The Bertz CT molecular complexity index is 503. The van der Waals surface area contributed by atoms with E-state index in [1.54, 1.807) is 25.1 Å². The first-order valence-corrected chi connectivity index (χ1v) is 5.84. The summed E-state index contributed by atoms with van der Waals surface area (Å²) in [6.07, 6.45) is -3.06. The number of hydrogen-bond donors (Lipinski definition) is 3. The molecule has 8 nitrogen and oxygen atoms in total. The maximum absolute atomic E-state index is 11.9. The quantitative estimate of drug-likeness (QED) is 0.579. The van der Waals surface area contributed by atoms with Gasteiger partial charge in [-0.05, 0) is 6.07 Å². The molecule has 106 valence electrons. The second kappa shape index (κ2) is 5.25. The van der Waals surface area contributed by atoms with Crippen LogP contribution in [0.2, 0.25) is 0 Å². The Morgan fingerprint density at radius 2 is 2.11 bits per heavy atom. The van der Waals surface area contributed by atoms with Crippen molar-refractivity contribution < 1.29 is 20.1 Å². The van der Waals surface area contributed by atoms with E-state index in [2.05, 4.69) is 4.98 Å². The van der Waals surface area contributed by atoms with Crippen LogP contribution in [0.25, 0.3) is 0 Å². The van der Waals surface area contributed by atoms with Crippen molar-refractivity contribution in [1.82, 2.24) is 9.55 Å². The third kappa shape index (κ3) is 2.47. The van der Waals surface area contributed by atoms with E-state index >= 15 is 0 Å². The minimum Gasteiger partial charge on any atom is -0.394 e. The number of hydrogen-bond acceptors (Lipinski definition) is 7. The van der Waals surface area contributed by atoms with Crippen molar-refractivity contribution in [3.05, 3.63) is 22.7 Å². The molecule has 1 unspecified atom stereocenters. The molecule has 0 saturated carbocycles. The third-order valence-corrected chi connectivity index (χ3v) is 3.06. The molecule has 1 aromatic rings. The van der Waals surface area contributed by atoms with Crippen LogP contribution in [0, 0.1) is 0 Å². The Hall–Kier alpha value is -1.48. The number of aromatic nitrogens is 2. The lowest BCUT2D eigenvalue weighted by atomic mass is 10.1. The normalized spacial score (nSPS) is 30.6. The van der Waals surface area contributed by atoms with E-state index in [1.165, 1.54) is 6.20 Å². The fraction of sp³-hybridized carbons (Fsp3) is 0.636. The highest BCUT2D eigenvalue weighted by atomic mass is 16.6. The lowest BCUT2D eigenvalue weighted by Gasteiger charge is -2.18. The summed E-state index contributed by atoms with van der Waals surface area (Å²) >= 11 is 0. The van der Waals surface area contributed by atoms with E-state index in [4.69, 9.17) is 9.84 Å². The molecule has 0 spiro atoms. The van der Waals surface area contributed by atoms with Crippen LogP contribution in [0.4, 0.5) is 5.82 Å². The first-order chi connectivity index (χ1) is 8.95. The molecule has 1 fully saturated rings. The van der Waals surface area contributed by atoms with Crippen molar-refractivity contribution in [2.24, 2.45) is 0 Å². The fourth-order valence-electron chi connectivity index (χ4n) is 1.96. The van der Waals surface area contributed by atoms with Crippen LogP contribution >= 0.6 is 0 Å². The van der Waals surface area contributed by atoms with E-state index in [1.807, 2.05) is 0 Å². The van der Waals surface area contributed by atoms with Crippen LogP contribution in [-0.4, -0.2) is 63.9 Å². The van der Waals surface area contributed by atoms with Crippen molar-refractivity contribution >= 4 is 5.82 Å². The molecule has 8 heteroatoms. The lowest BCUT2D eigenvalue weighted by Crippen LogP contribution is -2.36. The topological polar surface area (TPSA) is 108 Å². The molecule has 1 aliphatic rings. The monoisotopic (exact) mass is 271 g/mol. The van der Waals surface area contributed by atoms with E-state index in [9.17, 15) is 15.0 Å². The summed E-state index contributed by atoms with van der Waals surface area (Å²) in [6.45, 7) is -0.438. The lowest BCUT2D eigenvalue weighted by molar-refractivity contribution is -0.0549. The molecule has 1 aliphatic heterocycles. The van der Waals surface area contributed by atoms with Gasteiger partial charge >= 0.3 is 5.69 Å². The van der Waals surface area contributed by atoms with Gasteiger partial charge in [-0.25, -0.2) is 4.79 Å². The summed E-state index contributed by atoms with van der Waals surface area (Å²) in [5.74, 6) is 0.480. The largest absolute Gasteiger partial charge is 0.394 e. The van der Waals surface area contributed by atoms with Crippen LogP contribution in [0.3, 0.4) is 0 Å². The number of nitrogens with zero attached hydrogens (tertiary/aromatic N) is 3. The second-order valence-corrected chi connectivity index (χ2v) is 4.60. The summed E-state index contributed by atoms with van der Waals surface area (Å²) in [6, 6.07) is 1.59. The van der Waals surface area contributed by atoms with Gasteiger partial charge in [-0.2, -0.15) is 4.98 Å². The van der Waals surface area contributed by atoms with Crippen LogP contribution < -0.4 is 10.6 Å². The molecule has 3 N–H and O–H groups in total. The van der Waals surface area contributed by atoms with E-state index in [-0.39, 0.29) is 0 Å². The van der Waals surface area contributed by atoms with Gasteiger partial charge in [-0.1, -0.05) is 0 Å². The maximum atomic E-state index is 11.9. The van der Waals surface area contributed by atoms with Crippen LogP contribution in [0.1, 0.15) is 6.23 Å². The number of rotatable bonds is 3. The number of aliphatic hydroxyl groups is 3. The van der Waals surface area contributed by atoms with Crippen LogP contribution in [0.15, 0.2) is 17.1 Å². The van der Waals surface area contributed by atoms with E-state index in [0.29, 0.717) is 5.82 Å². The Morgan fingerprint density at radius 3 is 2.58 bits per heavy atom. The predicted molar refractivity (Wildman–Crippen MR) is 65.8 cm³/mol. The van der Waals surface area contributed by atoms with Gasteiger partial charge in [0.2, 0.25) is 0 Å². The zero-order valence-corrected chi connectivity index (χ0v) is 10.7. The molecule has 0 amide bonds. The highest BCUT2D eigenvalue weighted by Gasteiger charge is 2.43. The van der Waals surface area contributed by atoms with Crippen LogP contribution in [0.5, 0.6) is 0 Å². The zero-order valence-electron chi connectivity index (χ0n) is 10.7.